The molecule has 2 atom stereocenters. The molecule has 2 heterocycles. The van der Waals surface area contributed by atoms with Crippen LogP contribution in [0.25, 0.3) is 0 Å². The molecule has 3 rings (SSSR count). The molecule has 0 aliphatic carbocycles. The number of rotatable bonds is 2. The van der Waals surface area contributed by atoms with Crippen LogP contribution < -0.4 is 11.1 Å². The molecule has 1 amide bonds. The van der Waals surface area contributed by atoms with E-state index in [4.69, 9.17) is 5.73 Å². The van der Waals surface area contributed by atoms with E-state index in [0.717, 1.165) is 13.1 Å². The van der Waals surface area contributed by atoms with Crippen LogP contribution in [0.3, 0.4) is 0 Å². The molecule has 0 radical (unpaired) electrons. The van der Waals surface area contributed by atoms with Crippen molar-refractivity contribution in [3.05, 3.63) is 33.9 Å². The fraction of sp³-hybridized carbons (Fsp3) is 0.462. The van der Waals surface area contributed by atoms with E-state index < -0.39 is 4.92 Å². The lowest BCUT2D eigenvalue weighted by Gasteiger charge is -2.17. The van der Waals surface area contributed by atoms with Crippen molar-refractivity contribution in [2.45, 2.75) is 0 Å². The lowest BCUT2D eigenvalue weighted by Crippen LogP contribution is -2.31. The average Bonchev–Trinajstić information content (AvgIpc) is 2.98. The van der Waals surface area contributed by atoms with Crippen LogP contribution in [-0.4, -0.2) is 41.9 Å². The first-order valence-corrected chi connectivity index (χ1v) is 6.60. The second-order valence-corrected chi connectivity index (χ2v) is 5.42. The summed E-state index contributed by atoms with van der Waals surface area (Å²) in [6, 6.07) is 4.24. The number of hydrogen-bond acceptors (Lipinski definition) is 5. The second-order valence-electron chi connectivity index (χ2n) is 5.42. The zero-order valence-corrected chi connectivity index (χ0v) is 12.1. The van der Waals surface area contributed by atoms with Gasteiger partial charge in [0.2, 0.25) is 0 Å². The molecule has 0 saturated carbocycles. The van der Waals surface area contributed by atoms with Gasteiger partial charge in [-0.05, 0) is 24.0 Å². The van der Waals surface area contributed by atoms with Crippen LogP contribution in [0.4, 0.5) is 11.4 Å². The van der Waals surface area contributed by atoms with Crippen molar-refractivity contribution in [3.8, 4) is 0 Å². The van der Waals surface area contributed by atoms with Gasteiger partial charge in [-0.2, -0.15) is 0 Å². The number of nitrogens with one attached hydrogen (secondary N) is 1. The Morgan fingerprint density at radius 2 is 1.95 bits per heavy atom. The van der Waals surface area contributed by atoms with Crippen molar-refractivity contribution in [2.24, 2.45) is 11.8 Å². The quantitative estimate of drug-likeness (QED) is 0.480. The van der Waals surface area contributed by atoms with Crippen molar-refractivity contribution in [2.75, 3.05) is 31.9 Å². The highest BCUT2D eigenvalue weighted by atomic mass is 35.5. The Balaban J connectivity index is 0.00000161. The van der Waals surface area contributed by atoms with Gasteiger partial charge in [0.15, 0.2) is 0 Å². The summed E-state index contributed by atoms with van der Waals surface area (Å²) in [7, 11) is 0. The molecule has 2 fully saturated rings. The molecule has 2 aliphatic heterocycles. The third-order valence-corrected chi connectivity index (χ3v) is 4.15. The van der Waals surface area contributed by atoms with E-state index in [9.17, 15) is 14.9 Å². The number of nitrogens with zero attached hydrogens (tertiary/aromatic N) is 2. The summed E-state index contributed by atoms with van der Waals surface area (Å²) in [5.74, 6) is 0.855. The zero-order chi connectivity index (χ0) is 14.3. The number of benzene rings is 1. The minimum absolute atomic E-state index is 0. The van der Waals surface area contributed by atoms with Gasteiger partial charge in [0.1, 0.15) is 5.69 Å². The smallest absolute Gasteiger partial charge is 0.292 e. The Labute approximate surface area is 128 Å². The maximum Gasteiger partial charge on any atom is 0.292 e. The molecule has 0 aromatic heterocycles. The standard InChI is InChI=1S/C13H16N4O3.ClH/c14-11-2-1-8(3-12(11)17(19)20)13(18)16-6-9-4-15-5-10(9)7-16;/h1-3,9-10,15H,4-7,14H2;1H/t9-,10+;. The van der Waals surface area contributed by atoms with Crippen molar-refractivity contribution < 1.29 is 9.72 Å². The van der Waals surface area contributed by atoms with Gasteiger partial charge < -0.3 is 16.0 Å². The summed E-state index contributed by atoms with van der Waals surface area (Å²) in [6.45, 7) is 3.32. The maximum atomic E-state index is 12.4. The Morgan fingerprint density at radius 1 is 1.33 bits per heavy atom. The lowest BCUT2D eigenvalue weighted by atomic mass is 10.0. The number of hydrogen-bond donors (Lipinski definition) is 2. The van der Waals surface area contributed by atoms with Gasteiger partial charge >= 0.3 is 0 Å². The van der Waals surface area contributed by atoms with E-state index in [1.807, 2.05) is 0 Å². The molecule has 0 spiro atoms. The summed E-state index contributed by atoms with van der Waals surface area (Å²) < 4.78 is 0. The van der Waals surface area contributed by atoms with Crippen LogP contribution in [0.5, 0.6) is 0 Å². The highest BCUT2D eigenvalue weighted by Crippen LogP contribution is 2.29. The van der Waals surface area contributed by atoms with Crippen molar-refractivity contribution in [3.63, 3.8) is 0 Å². The monoisotopic (exact) mass is 312 g/mol. The summed E-state index contributed by atoms with van der Waals surface area (Å²) in [5, 5.41) is 14.2. The number of fused-ring (bicyclic) bond motifs is 1. The van der Waals surface area contributed by atoms with Gasteiger partial charge in [-0.1, -0.05) is 0 Å². The van der Waals surface area contributed by atoms with Gasteiger partial charge in [-0.15, -0.1) is 12.4 Å². The SMILES string of the molecule is Cl.Nc1ccc(C(=O)N2C[C@H]3CNC[C@H]3C2)cc1[N+](=O)[O-]. The van der Waals surface area contributed by atoms with Gasteiger partial charge in [0, 0.05) is 37.8 Å². The minimum Gasteiger partial charge on any atom is -0.393 e. The molecular formula is C13H17ClN4O3. The molecule has 8 heteroatoms. The van der Waals surface area contributed by atoms with Crippen LogP contribution >= 0.6 is 12.4 Å². The Hall–Kier alpha value is -1.86. The summed E-state index contributed by atoms with van der Waals surface area (Å²) >= 11 is 0. The van der Waals surface area contributed by atoms with E-state index in [0.29, 0.717) is 30.5 Å². The molecule has 0 bridgehead atoms. The Bertz CT molecular complexity index is 569. The minimum atomic E-state index is -0.561. The predicted molar refractivity (Wildman–Crippen MR) is 80.5 cm³/mol. The van der Waals surface area contributed by atoms with Gasteiger partial charge in [0.05, 0.1) is 4.92 Å². The van der Waals surface area contributed by atoms with Crippen LogP contribution in [-0.2, 0) is 0 Å². The normalized spacial score (nSPS) is 23.5. The van der Waals surface area contributed by atoms with Crippen LogP contribution in [0.2, 0.25) is 0 Å². The third kappa shape index (κ3) is 2.79. The first-order valence-electron chi connectivity index (χ1n) is 6.60. The number of nitrogens with two attached hydrogens (primary N) is 1. The largest absolute Gasteiger partial charge is 0.393 e. The number of anilines is 1. The summed E-state index contributed by atoms with van der Waals surface area (Å²) in [4.78, 5) is 24.5. The first kappa shape index (κ1) is 15.5. The Kier molecular flexibility index (Phi) is 4.34. The number of nitro groups is 1. The van der Waals surface area contributed by atoms with E-state index in [2.05, 4.69) is 5.32 Å². The zero-order valence-electron chi connectivity index (χ0n) is 11.3. The summed E-state index contributed by atoms with van der Waals surface area (Å²) in [5.41, 5.74) is 5.74. The molecule has 21 heavy (non-hydrogen) atoms. The number of nitro benzene ring substituents is 1. The maximum absolute atomic E-state index is 12.4. The lowest BCUT2D eigenvalue weighted by molar-refractivity contribution is -0.383. The number of nitrogen functional groups attached to an aromatic ring is 1. The second kappa shape index (κ2) is 5.87. The van der Waals surface area contributed by atoms with E-state index >= 15 is 0 Å². The van der Waals surface area contributed by atoms with E-state index in [1.54, 1.807) is 11.0 Å². The van der Waals surface area contributed by atoms with Crippen LogP contribution in [0.1, 0.15) is 10.4 Å². The molecule has 3 N–H and O–H groups in total. The van der Waals surface area contributed by atoms with E-state index in [1.165, 1.54) is 12.1 Å². The Morgan fingerprint density at radius 3 is 2.52 bits per heavy atom. The van der Waals surface area contributed by atoms with Crippen LogP contribution in [0, 0.1) is 22.0 Å². The number of halogens is 1. The molecule has 7 nitrogen and oxygen atoms in total. The topological polar surface area (TPSA) is 102 Å². The highest BCUT2D eigenvalue weighted by molar-refractivity contribution is 5.95. The molecule has 2 saturated heterocycles. The number of amides is 1. The van der Waals surface area contributed by atoms with E-state index in [-0.39, 0.29) is 29.7 Å². The van der Waals surface area contributed by atoms with Crippen molar-refractivity contribution in [1.82, 2.24) is 10.2 Å². The molecule has 0 unspecified atom stereocenters. The fourth-order valence-electron chi connectivity index (χ4n) is 3.04. The number of carbonyl (C=O) groups is 1. The van der Waals surface area contributed by atoms with Crippen LogP contribution in [0.15, 0.2) is 18.2 Å². The first-order chi connectivity index (χ1) is 9.56. The number of carbonyl (C=O) groups excluding carboxylic acids is 1. The van der Waals surface area contributed by atoms with Gasteiger partial charge in [0.25, 0.3) is 11.6 Å². The van der Waals surface area contributed by atoms with Gasteiger partial charge in [-0.25, -0.2) is 0 Å². The average molecular weight is 313 g/mol. The highest BCUT2D eigenvalue weighted by Gasteiger charge is 2.38. The summed E-state index contributed by atoms with van der Waals surface area (Å²) in [6.07, 6.45) is 0. The third-order valence-electron chi connectivity index (χ3n) is 4.15. The van der Waals surface area contributed by atoms with Gasteiger partial charge in [-0.3, -0.25) is 14.9 Å². The number of likely N-dealkylation sites (tertiary alicyclic amines) is 1. The molecular weight excluding hydrogens is 296 g/mol. The molecule has 1 aromatic carbocycles. The van der Waals surface area contributed by atoms with Crippen molar-refractivity contribution >= 4 is 29.7 Å². The molecule has 2 aliphatic rings. The fourth-order valence-corrected chi connectivity index (χ4v) is 3.04. The predicted octanol–water partition coefficient (Wildman–Crippen LogP) is 0.890. The molecule has 1 aromatic rings. The molecule has 114 valence electrons. The van der Waals surface area contributed by atoms with Crippen molar-refractivity contribution in [1.29, 1.82) is 0 Å².